The number of allylic oxidation sites excluding steroid dienone is 2. The Bertz CT molecular complexity index is 1270. The summed E-state index contributed by atoms with van der Waals surface area (Å²) in [7, 11) is -5.08. The molecular weight excluding hydrogens is 895 g/mol. The number of amides is 1. The van der Waals surface area contributed by atoms with Crippen LogP contribution in [-0.4, -0.2) is 95.4 Å². The number of hydrogen-bond acceptors (Lipinski definition) is 10. The van der Waals surface area contributed by atoms with E-state index in [1.165, 1.54) is 205 Å². The zero-order valence-corrected chi connectivity index (χ0v) is 45.2. The zero-order chi connectivity index (χ0) is 50.5. The molecule has 0 radical (unpaired) electrons. The monoisotopic (exact) mass is 1000 g/mol. The number of rotatable bonds is 51. The molecule has 410 valence electrons. The fourth-order valence-electron chi connectivity index (χ4n) is 9.57. The number of aliphatic hydroxyl groups is 4. The molecule has 0 aromatic carbocycles. The second-order valence-electron chi connectivity index (χ2n) is 20.6. The van der Waals surface area contributed by atoms with E-state index in [1.54, 1.807) is 0 Å². The Morgan fingerprint density at radius 1 is 0.565 bits per heavy atom. The molecular formula is C56H109NO11S. The van der Waals surface area contributed by atoms with Crippen molar-refractivity contribution in [3.8, 4) is 0 Å². The van der Waals surface area contributed by atoms with Gasteiger partial charge in [0, 0.05) is 6.42 Å². The summed E-state index contributed by atoms with van der Waals surface area (Å²) in [6, 6.07) is -0.855. The van der Waals surface area contributed by atoms with Crippen LogP contribution in [0.15, 0.2) is 12.2 Å². The molecule has 7 atom stereocenters. The van der Waals surface area contributed by atoms with Crippen LogP contribution < -0.4 is 5.32 Å². The number of ether oxygens (including phenoxy) is 2. The van der Waals surface area contributed by atoms with Crippen molar-refractivity contribution in [2.45, 2.75) is 326 Å². The predicted octanol–water partition coefficient (Wildman–Crippen LogP) is 13.5. The van der Waals surface area contributed by atoms with Gasteiger partial charge in [-0.15, -0.1) is 0 Å². The Labute approximate surface area is 423 Å². The van der Waals surface area contributed by atoms with Crippen molar-refractivity contribution >= 4 is 16.3 Å². The minimum atomic E-state index is -5.08. The summed E-state index contributed by atoms with van der Waals surface area (Å²) >= 11 is 0. The van der Waals surface area contributed by atoms with Crippen molar-refractivity contribution < 1.29 is 51.8 Å². The molecule has 69 heavy (non-hydrogen) atoms. The molecule has 6 N–H and O–H groups in total. The van der Waals surface area contributed by atoms with Crippen LogP contribution >= 0.6 is 0 Å². The van der Waals surface area contributed by atoms with E-state index in [9.17, 15) is 38.2 Å². The quantitative estimate of drug-likeness (QED) is 0.0193. The third-order valence-corrected chi connectivity index (χ3v) is 14.5. The van der Waals surface area contributed by atoms with Crippen LogP contribution in [0.5, 0.6) is 0 Å². The molecule has 1 aliphatic heterocycles. The molecule has 12 nitrogen and oxygen atoms in total. The van der Waals surface area contributed by atoms with E-state index < -0.39 is 59.9 Å². The fourth-order valence-corrected chi connectivity index (χ4v) is 10.1. The lowest BCUT2D eigenvalue weighted by atomic mass is 9.99. The highest BCUT2D eigenvalue weighted by Gasteiger charge is 2.48. The smallest absolute Gasteiger partial charge is 0.394 e. The normalized spacial score (nSPS) is 19.7. The molecule has 0 aliphatic carbocycles. The molecule has 0 bridgehead atoms. The van der Waals surface area contributed by atoms with Gasteiger partial charge in [-0.1, -0.05) is 251 Å². The minimum Gasteiger partial charge on any atom is -0.394 e. The lowest BCUT2D eigenvalue weighted by Crippen LogP contribution is -2.61. The van der Waals surface area contributed by atoms with Gasteiger partial charge in [0.25, 0.3) is 0 Å². The van der Waals surface area contributed by atoms with Crippen molar-refractivity contribution in [2.24, 2.45) is 0 Å². The lowest BCUT2D eigenvalue weighted by molar-refractivity contribution is -0.298. The van der Waals surface area contributed by atoms with E-state index in [2.05, 4.69) is 35.5 Å². The lowest BCUT2D eigenvalue weighted by Gasteiger charge is -2.41. The van der Waals surface area contributed by atoms with Crippen LogP contribution in [0.1, 0.15) is 284 Å². The molecule has 0 aromatic rings. The van der Waals surface area contributed by atoms with E-state index in [0.29, 0.717) is 12.8 Å². The molecule has 1 heterocycles. The van der Waals surface area contributed by atoms with Crippen LogP contribution in [0, 0.1) is 0 Å². The number of aliphatic hydroxyl groups excluding tert-OH is 4. The Morgan fingerprint density at radius 3 is 1.30 bits per heavy atom. The fraction of sp³-hybridized carbons (Fsp3) is 0.946. The highest BCUT2D eigenvalue weighted by Crippen LogP contribution is 2.26. The van der Waals surface area contributed by atoms with E-state index in [4.69, 9.17) is 9.47 Å². The summed E-state index contributed by atoms with van der Waals surface area (Å²) in [5, 5.41) is 45.0. The average molecular weight is 1000 g/mol. The summed E-state index contributed by atoms with van der Waals surface area (Å²) in [6.45, 7) is 3.48. The first-order chi connectivity index (χ1) is 33.5. The Morgan fingerprint density at radius 2 is 0.928 bits per heavy atom. The van der Waals surface area contributed by atoms with Gasteiger partial charge in [0.2, 0.25) is 5.91 Å². The van der Waals surface area contributed by atoms with Crippen molar-refractivity contribution in [2.75, 3.05) is 13.2 Å². The molecule has 1 rings (SSSR count). The van der Waals surface area contributed by atoms with Crippen molar-refractivity contribution in [3.05, 3.63) is 12.2 Å². The highest BCUT2D eigenvalue weighted by atomic mass is 32.3. The molecule has 1 saturated heterocycles. The largest absolute Gasteiger partial charge is 0.397 e. The standard InChI is InChI=1S/C56H109NO11S/c1-3-5-7-9-11-13-15-17-18-19-20-21-22-23-24-25-26-27-28-29-30-31-32-34-36-38-40-42-44-46-52(60)57-49(50(59)45-43-41-39-37-35-33-16-14-12-10-8-6-4-2)48-66-56-54(62)55(68-69(63,64)65)53(61)51(47-58)67-56/h23-24,49-51,53-56,58-59,61-62H,3-22,25-48H2,1-2H3,(H,57,60)(H,63,64,65)/b24-23-. The van der Waals surface area contributed by atoms with Gasteiger partial charge < -0.3 is 35.2 Å². The summed E-state index contributed by atoms with van der Waals surface area (Å²) in [4.78, 5) is 13.1. The third-order valence-electron chi connectivity index (χ3n) is 14.1. The zero-order valence-electron chi connectivity index (χ0n) is 44.4. The maximum Gasteiger partial charge on any atom is 0.397 e. The van der Waals surface area contributed by atoms with Gasteiger partial charge in [-0.3, -0.25) is 9.35 Å². The van der Waals surface area contributed by atoms with Gasteiger partial charge in [0.05, 0.1) is 25.4 Å². The molecule has 0 saturated carbocycles. The third kappa shape index (κ3) is 39.0. The SMILES string of the molecule is CCCCCCCCCCCCCC/C=C\CCCCCCCCCCCCCCCC(=O)NC(COC1OC(CO)C(O)C(OS(=O)(=O)O)C1O)C(O)CCCCCCCCCCCCCCC. The number of hydrogen-bond donors (Lipinski definition) is 6. The molecule has 1 aliphatic rings. The van der Waals surface area contributed by atoms with Crippen LogP contribution in [0.2, 0.25) is 0 Å². The van der Waals surface area contributed by atoms with Crippen molar-refractivity contribution in [1.82, 2.24) is 5.32 Å². The number of nitrogens with one attached hydrogen (secondary N) is 1. The molecule has 13 heteroatoms. The van der Waals surface area contributed by atoms with Crippen LogP contribution in [-0.2, 0) is 28.9 Å². The van der Waals surface area contributed by atoms with E-state index >= 15 is 0 Å². The second-order valence-corrected chi connectivity index (χ2v) is 21.6. The Hall–Kier alpha value is -1.16. The van der Waals surface area contributed by atoms with Crippen LogP contribution in [0.3, 0.4) is 0 Å². The Balaban J connectivity index is 2.26. The van der Waals surface area contributed by atoms with Crippen molar-refractivity contribution in [1.29, 1.82) is 0 Å². The molecule has 0 aromatic heterocycles. The first-order valence-electron chi connectivity index (χ1n) is 29.1. The van der Waals surface area contributed by atoms with Gasteiger partial charge in [0.1, 0.15) is 24.4 Å². The summed E-state index contributed by atoms with van der Waals surface area (Å²) in [5.41, 5.74) is 0. The summed E-state index contributed by atoms with van der Waals surface area (Å²) in [6.07, 6.45) is 46.6. The molecule has 0 spiro atoms. The van der Waals surface area contributed by atoms with Crippen molar-refractivity contribution in [3.63, 3.8) is 0 Å². The number of unbranched alkanes of at least 4 members (excludes halogenated alkanes) is 37. The predicted molar refractivity (Wildman–Crippen MR) is 282 cm³/mol. The maximum absolute atomic E-state index is 13.1. The van der Waals surface area contributed by atoms with Crippen LogP contribution in [0.4, 0.5) is 0 Å². The van der Waals surface area contributed by atoms with Gasteiger partial charge in [-0.05, 0) is 38.5 Å². The number of carbonyl (C=O) groups is 1. The summed E-state index contributed by atoms with van der Waals surface area (Å²) in [5.74, 6) is -0.226. The highest BCUT2D eigenvalue weighted by molar-refractivity contribution is 7.80. The van der Waals surface area contributed by atoms with E-state index in [0.717, 1.165) is 51.4 Å². The van der Waals surface area contributed by atoms with E-state index in [-0.39, 0.29) is 12.5 Å². The maximum atomic E-state index is 13.1. The summed E-state index contributed by atoms with van der Waals surface area (Å²) < 4.78 is 47.8. The van der Waals surface area contributed by atoms with Gasteiger partial charge in [-0.25, -0.2) is 4.18 Å². The first-order valence-corrected chi connectivity index (χ1v) is 30.4. The topological polar surface area (TPSA) is 192 Å². The second kappa shape index (κ2) is 46.6. The average Bonchev–Trinajstić information content (AvgIpc) is 3.32. The van der Waals surface area contributed by atoms with Gasteiger partial charge in [-0.2, -0.15) is 8.42 Å². The Kier molecular flexibility index (Phi) is 44.5. The molecule has 7 unspecified atom stereocenters. The van der Waals surface area contributed by atoms with Crippen LogP contribution in [0.25, 0.3) is 0 Å². The molecule has 1 fully saturated rings. The molecule has 1 amide bonds. The number of carbonyl (C=O) groups excluding carboxylic acids is 1. The van der Waals surface area contributed by atoms with Gasteiger partial charge in [0.15, 0.2) is 6.29 Å². The first kappa shape index (κ1) is 65.9. The van der Waals surface area contributed by atoms with E-state index in [1.807, 2.05) is 0 Å². The van der Waals surface area contributed by atoms with Gasteiger partial charge >= 0.3 is 10.4 Å². The minimum absolute atomic E-state index is 0.226.